The maximum Gasteiger partial charge on any atom is 0.272 e. The maximum absolute atomic E-state index is 12.1. The molecule has 2 aromatic carbocycles. The van der Waals surface area contributed by atoms with Gasteiger partial charge in [-0.1, -0.05) is 12.1 Å². The average molecular weight is 328 g/mol. The lowest BCUT2D eigenvalue weighted by atomic mass is 10.1. The van der Waals surface area contributed by atoms with Crippen molar-refractivity contribution in [3.63, 3.8) is 0 Å². The third kappa shape index (κ3) is 4.10. The predicted molar refractivity (Wildman–Crippen MR) is 91.6 cm³/mol. The molecule has 24 heavy (non-hydrogen) atoms. The minimum absolute atomic E-state index is 0.00445. The first-order valence-electron chi connectivity index (χ1n) is 7.62. The van der Waals surface area contributed by atoms with Gasteiger partial charge in [0.2, 0.25) is 0 Å². The molecule has 0 heterocycles. The number of carbonyl (C=O) groups is 1. The smallest absolute Gasteiger partial charge is 0.272 e. The molecule has 2 rings (SSSR count). The number of amides is 1. The lowest BCUT2D eigenvalue weighted by Crippen LogP contribution is -2.28. The van der Waals surface area contributed by atoms with Crippen LogP contribution in [0.2, 0.25) is 0 Å². The van der Waals surface area contributed by atoms with E-state index in [0.717, 1.165) is 16.9 Å². The fourth-order valence-corrected chi connectivity index (χ4v) is 2.31. The second-order valence-corrected chi connectivity index (χ2v) is 5.56. The van der Waals surface area contributed by atoms with Gasteiger partial charge >= 0.3 is 0 Å². The summed E-state index contributed by atoms with van der Waals surface area (Å²) >= 11 is 0. The Hall–Kier alpha value is -2.89. The van der Waals surface area contributed by atoms with Crippen LogP contribution in [0.1, 0.15) is 27.0 Å². The summed E-state index contributed by atoms with van der Waals surface area (Å²) in [6, 6.07) is 10.1. The number of nitrogens with zero attached hydrogens (tertiary/aromatic N) is 1. The molecule has 0 spiro atoms. The second kappa shape index (κ2) is 7.59. The van der Waals surface area contributed by atoms with Crippen LogP contribution < -0.4 is 10.1 Å². The maximum atomic E-state index is 12.1. The molecule has 0 radical (unpaired) electrons. The number of aryl methyl sites for hydroxylation is 2. The standard InChI is InChI=1S/C18H20N2O4/c1-12-5-4-6-17(14(12)3)24-10-9-19-18(21)15-7-8-16(20(22)23)13(2)11-15/h4-8,11H,9-10H2,1-3H3,(H,19,21). The molecule has 2 aromatic rings. The number of benzene rings is 2. The van der Waals surface area contributed by atoms with E-state index < -0.39 is 4.92 Å². The van der Waals surface area contributed by atoms with Crippen molar-refractivity contribution in [1.29, 1.82) is 0 Å². The second-order valence-electron chi connectivity index (χ2n) is 5.56. The van der Waals surface area contributed by atoms with E-state index in [2.05, 4.69) is 5.32 Å². The first kappa shape index (κ1) is 17.5. The van der Waals surface area contributed by atoms with E-state index in [4.69, 9.17) is 4.74 Å². The number of nitro benzene ring substituents is 1. The fourth-order valence-electron chi connectivity index (χ4n) is 2.31. The van der Waals surface area contributed by atoms with Gasteiger partial charge in [-0.3, -0.25) is 14.9 Å². The van der Waals surface area contributed by atoms with Gasteiger partial charge in [-0.05, 0) is 50.1 Å². The summed E-state index contributed by atoms with van der Waals surface area (Å²) in [7, 11) is 0. The van der Waals surface area contributed by atoms with Crippen LogP contribution in [0, 0.1) is 30.9 Å². The Morgan fingerprint density at radius 2 is 1.92 bits per heavy atom. The van der Waals surface area contributed by atoms with Gasteiger partial charge in [0, 0.05) is 17.2 Å². The number of nitro groups is 1. The Balaban J connectivity index is 1.88. The normalized spacial score (nSPS) is 10.3. The zero-order valence-corrected chi connectivity index (χ0v) is 14.0. The molecule has 1 N–H and O–H groups in total. The van der Waals surface area contributed by atoms with E-state index in [0.29, 0.717) is 24.3 Å². The molecule has 0 saturated carbocycles. The number of hydrogen-bond donors (Lipinski definition) is 1. The van der Waals surface area contributed by atoms with E-state index in [1.165, 1.54) is 18.2 Å². The molecule has 0 aromatic heterocycles. The number of nitrogens with one attached hydrogen (secondary N) is 1. The molecule has 0 unspecified atom stereocenters. The summed E-state index contributed by atoms with van der Waals surface area (Å²) in [5, 5.41) is 13.5. The van der Waals surface area contributed by atoms with Crippen molar-refractivity contribution in [3.8, 4) is 5.75 Å². The minimum atomic E-state index is -0.463. The van der Waals surface area contributed by atoms with Crippen LogP contribution in [-0.2, 0) is 0 Å². The Morgan fingerprint density at radius 3 is 2.58 bits per heavy atom. The van der Waals surface area contributed by atoms with Crippen LogP contribution in [0.4, 0.5) is 5.69 Å². The molecule has 0 aliphatic heterocycles. The summed E-state index contributed by atoms with van der Waals surface area (Å²) < 4.78 is 5.67. The van der Waals surface area contributed by atoms with Gasteiger partial charge in [0.25, 0.3) is 11.6 Å². The van der Waals surface area contributed by atoms with Crippen LogP contribution in [0.5, 0.6) is 5.75 Å². The van der Waals surface area contributed by atoms with Crippen LogP contribution in [0.25, 0.3) is 0 Å². The van der Waals surface area contributed by atoms with E-state index in [-0.39, 0.29) is 11.6 Å². The Kier molecular flexibility index (Phi) is 5.52. The highest BCUT2D eigenvalue weighted by molar-refractivity contribution is 5.94. The highest BCUT2D eigenvalue weighted by atomic mass is 16.6. The molecule has 6 nitrogen and oxygen atoms in total. The summed E-state index contributed by atoms with van der Waals surface area (Å²) in [5.74, 6) is 0.521. The van der Waals surface area contributed by atoms with Crippen molar-refractivity contribution in [1.82, 2.24) is 5.32 Å². The van der Waals surface area contributed by atoms with Crippen molar-refractivity contribution in [2.45, 2.75) is 20.8 Å². The van der Waals surface area contributed by atoms with E-state index in [1.54, 1.807) is 6.92 Å². The van der Waals surface area contributed by atoms with Crippen LogP contribution in [0.15, 0.2) is 36.4 Å². The highest BCUT2D eigenvalue weighted by Crippen LogP contribution is 2.20. The molecule has 126 valence electrons. The van der Waals surface area contributed by atoms with Crippen molar-refractivity contribution in [2.24, 2.45) is 0 Å². The molecule has 0 saturated heterocycles. The summed E-state index contributed by atoms with van der Waals surface area (Å²) in [6.07, 6.45) is 0. The first-order chi connectivity index (χ1) is 11.4. The van der Waals surface area contributed by atoms with Crippen LogP contribution in [-0.4, -0.2) is 24.0 Å². The number of carbonyl (C=O) groups excluding carboxylic acids is 1. The highest BCUT2D eigenvalue weighted by Gasteiger charge is 2.13. The molecule has 0 aliphatic carbocycles. The van der Waals surface area contributed by atoms with Gasteiger partial charge in [-0.15, -0.1) is 0 Å². The van der Waals surface area contributed by atoms with Crippen molar-refractivity contribution in [3.05, 3.63) is 68.8 Å². The third-order valence-corrected chi connectivity index (χ3v) is 3.86. The van der Waals surface area contributed by atoms with Crippen molar-refractivity contribution in [2.75, 3.05) is 13.2 Å². The van der Waals surface area contributed by atoms with Crippen molar-refractivity contribution < 1.29 is 14.5 Å². The van der Waals surface area contributed by atoms with Crippen LogP contribution in [0.3, 0.4) is 0 Å². The van der Waals surface area contributed by atoms with Gasteiger partial charge in [0.05, 0.1) is 11.5 Å². The topological polar surface area (TPSA) is 81.5 Å². The summed E-state index contributed by atoms with van der Waals surface area (Å²) in [5.41, 5.74) is 3.08. The molecule has 1 amide bonds. The largest absolute Gasteiger partial charge is 0.491 e. The summed E-state index contributed by atoms with van der Waals surface area (Å²) in [6.45, 7) is 6.31. The van der Waals surface area contributed by atoms with Gasteiger partial charge in [0.1, 0.15) is 12.4 Å². The van der Waals surface area contributed by atoms with Crippen LogP contribution >= 0.6 is 0 Å². The molecule has 0 bridgehead atoms. The number of ether oxygens (including phenoxy) is 1. The Labute approximate surface area is 140 Å². The lowest BCUT2D eigenvalue weighted by molar-refractivity contribution is -0.385. The Bertz CT molecular complexity index is 772. The molecule has 0 aliphatic rings. The fraction of sp³-hybridized carbons (Fsp3) is 0.278. The lowest BCUT2D eigenvalue weighted by Gasteiger charge is -2.11. The van der Waals surface area contributed by atoms with Gasteiger partial charge in [0.15, 0.2) is 0 Å². The minimum Gasteiger partial charge on any atom is -0.491 e. The molecular formula is C18H20N2O4. The van der Waals surface area contributed by atoms with E-state index in [1.807, 2.05) is 32.0 Å². The van der Waals surface area contributed by atoms with Crippen molar-refractivity contribution >= 4 is 11.6 Å². The summed E-state index contributed by atoms with van der Waals surface area (Å²) in [4.78, 5) is 22.4. The van der Waals surface area contributed by atoms with E-state index in [9.17, 15) is 14.9 Å². The average Bonchev–Trinajstić information content (AvgIpc) is 2.54. The molecule has 6 heteroatoms. The predicted octanol–water partition coefficient (Wildman–Crippen LogP) is 3.33. The van der Waals surface area contributed by atoms with Gasteiger partial charge in [-0.2, -0.15) is 0 Å². The quantitative estimate of drug-likeness (QED) is 0.501. The zero-order chi connectivity index (χ0) is 17.7. The van der Waals surface area contributed by atoms with Gasteiger partial charge < -0.3 is 10.1 Å². The molecule has 0 fully saturated rings. The monoisotopic (exact) mass is 328 g/mol. The Morgan fingerprint density at radius 1 is 1.17 bits per heavy atom. The molecule has 0 atom stereocenters. The third-order valence-electron chi connectivity index (χ3n) is 3.86. The molecular weight excluding hydrogens is 308 g/mol. The SMILES string of the molecule is Cc1cc(C(=O)NCCOc2cccc(C)c2C)ccc1[N+](=O)[O-]. The number of hydrogen-bond acceptors (Lipinski definition) is 4. The number of rotatable bonds is 6. The van der Waals surface area contributed by atoms with E-state index >= 15 is 0 Å². The first-order valence-corrected chi connectivity index (χ1v) is 7.62. The van der Waals surface area contributed by atoms with Gasteiger partial charge in [-0.25, -0.2) is 0 Å². The zero-order valence-electron chi connectivity index (χ0n) is 14.0.